The first-order chi connectivity index (χ1) is 10.9. The van der Waals surface area contributed by atoms with E-state index in [1.165, 1.54) is 0 Å². The summed E-state index contributed by atoms with van der Waals surface area (Å²) in [6.45, 7) is 5.34. The number of aromatic amines is 1. The van der Waals surface area contributed by atoms with Crippen molar-refractivity contribution in [1.29, 1.82) is 0 Å². The van der Waals surface area contributed by atoms with Gasteiger partial charge in [-0.3, -0.25) is 9.59 Å². The molecule has 0 unspecified atom stereocenters. The number of benzene rings is 1. The third-order valence-corrected chi connectivity index (χ3v) is 3.67. The molecule has 2 N–H and O–H groups in total. The van der Waals surface area contributed by atoms with Gasteiger partial charge in [0.05, 0.1) is 19.6 Å². The zero-order valence-corrected chi connectivity index (χ0v) is 13.8. The molecular formula is C17H21N3O3. The molecular weight excluding hydrogens is 294 g/mol. The Morgan fingerprint density at radius 2 is 1.96 bits per heavy atom. The molecule has 1 aromatic carbocycles. The van der Waals surface area contributed by atoms with Gasteiger partial charge >= 0.3 is 0 Å². The van der Waals surface area contributed by atoms with Crippen LogP contribution in [0, 0.1) is 13.8 Å². The number of aromatic nitrogens is 2. The van der Waals surface area contributed by atoms with Crippen molar-refractivity contribution in [1.82, 2.24) is 15.3 Å². The second-order valence-corrected chi connectivity index (χ2v) is 5.45. The predicted octanol–water partition coefficient (Wildman–Crippen LogP) is 1.82. The number of nitrogens with one attached hydrogen (secondary N) is 2. The highest BCUT2D eigenvalue weighted by Gasteiger charge is 2.14. The molecule has 0 fully saturated rings. The fourth-order valence-electron chi connectivity index (χ4n) is 2.39. The number of H-pyrrole nitrogens is 1. The highest BCUT2D eigenvalue weighted by atomic mass is 16.5. The summed E-state index contributed by atoms with van der Waals surface area (Å²) in [5.74, 6) is 1.09. The first-order valence-electron chi connectivity index (χ1n) is 7.40. The van der Waals surface area contributed by atoms with Crippen molar-refractivity contribution in [2.45, 2.75) is 33.2 Å². The number of nitrogens with zero attached hydrogens (tertiary/aromatic N) is 1. The van der Waals surface area contributed by atoms with Crippen molar-refractivity contribution in [3.63, 3.8) is 0 Å². The molecule has 122 valence electrons. The summed E-state index contributed by atoms with van der Waals surface area (Å²) in [5, 5.41) is 2.89. The lowest BCUT2D eigenvalue weighted by Crippen LogP contribution is -2.31. The second-order valence-electron chi connectivity index (χ2n) is 5.45. The lowest BCUT2D eigenvalue weighted by molar-refractivity contribution is -0.121. The number of aryl methyl sites for hydroxylation is 2. The van der Waals surface area contributed by atoms with E-state index in [0.717, 1.165) is 11.3 Å². The number of rotatable bonds is 5. The van der Waals surface area contributed by atoms with E-state index in [9.17, 15) is 9.59 Å². The monoisotopic (exact) mass is 315 g/mol. The minimum Gasteiger partial charge on any atom is -0.497 e. The molecule has 1 aromatic heterocycles. The van der Waals surface area contributed by atoms with Crippen LogP contribution in [0.15, 0.2) is 29.1 Å². The molecule has 0 saturated carbocycles. The molecule has 1 heterocycles. The molecule has 0 aliphatic carbocycles. The van der Waals surface area contributed by atoms with Crippen LogP contribution in [0.3, 0.4) is 0 Å². The Balaban J connectivity index is 2.05. The number of carbonyl (C=O) groups is 1. The fourth-order valence-corrected chi connectivity index (χ4v) is 2.39. The maximum absolute atomic E-state index is 12.2. The molecule has 0 radical (unpaired) electrons. The summed E-state index contributed by atoms with van der Waals surface area (Å²) in [6, 6.07) is 7.32. The van der Waals surface area contributed by atoms with E-state index < -0.39 is 0 Å². The fraction of sp³-hybridized carbons (Fsp3) is 0.353. The Kier molecular flexibility index (Phi) is 5.16. The minimum atomic E-state index is -0.262. The van der Waals surface area contributed by atoms with Gasteiger partial charge < -0.3 is 15.0 Å². The van der Waals surface area contributed by atoms with Crippen molar-refractivity contribution in [3.05, 3.63) is 57.3 Å². The Hall–Kier alpha value is -2.63. The summed E-state index contributed by atoms with van der Waals surface area (Å²) in [5.41, 5.74) is 1.68. The normalized spacial score (nSPS) is 11.8. The van der Waals surface area contributed by atoms with Gasteiger partial charge in [-0.25, -0.2) is 4.98 Å². The molecule has 6 nitrogen and oxygen atoms in total. The van der Waals surface area contributed by atoms with Gasteiger partial charge in [0, 0.05) is 11.3 Å². The first kappa shape index (κ1) is 16.7. The van der Waals surface area contributed by atoms with Crippen molar-refractivity contribution < 1.29 is 9.53 Å². The SMILES string of the molecule is COc1ccc([C@H](C)NC(=O)Cc2c(C)nc(C)[nH]c2=O)cc1. The largest absolute Gasteiger partial charge is 0.497 e. The number of amides is 1. The van der Waals surface area contributed by atoms with Gasteiger partial charge in [0.15, 0.2) is 0 Å². The Morgan fingerprint density at radius 1 is 1.30 bits per heavy atom. The molecule has 2 aromatic rings. The molecule has 0 aliphatic rings. The molecule has 1 amide bonds. The average Bonchev–Trinajstić information content (AvgIpc) is 2.51. The highest BCUT2D eigenvalue weighted by Crippen LogP contribution is 2.17. The first-order valence-corrected chi connectivity index (χ1v) is 7.40. The van der Waals surface area contributed by atoms with Crippen LogP contribution in [0.5, 0.6) is 5.75 Å². The molecule has 2 rings (SSSR count). The van der Waals surface area contributed by atoms with Gasteiger partial charge in [-0.1, -0.05) is 12.1 Å². The molecule has 1 atom stereocenters. The Morgan fingerprint density at radius 3 is 2.52 bits per heavy atom. The van der Waals surface area contributed by atoms with Crippen LogP contribution in [0.1, 0.15) is 35.6 Å². The quantitative estimate of drug-likeness (QED) is 0.881. The summed E-state index contributed by atoms with van der Waals surface area (Å²) in [4.78, 5) is 30.9. The summed E-state index contributed by atoms with van der Waals surface area (Å²) < 4.78 is 5.11. The van der Waals surface area contributed by atoms with Crippen LogP contribution in [-0.4, -0.2) is 23.0 Å². The minimum absolute atomic E-state index is 0.00887. The second kappa shape index (κ2) is 7.09. The van der Waals surface area contributed by atoms with E-state index in [0.29, 0.717) is 17.1 Å². The number of carbonyl (C=O) groups excluding carboxylic acids is 1. The van der Waals surface area contributed by atoms with Gasteiger partial charge in [0.2, 0.25) is 5.91 Å². The zero-order valence-electron chi connectivity index (χ0n) is 13.8. The lowest BCUT2D eigenvalue weighted by Gasteiger charge is -2.15. The number of hydrogen-bond donors (Lipinski definition) is 2. The van der Waals surface area contributed by atoms with Gasteiger partial charge in [-0.15, -0.1) is 0 Å². The third-order valence-electron chi connectivity index (χ3n) is 3.67. The third kappa shape index (κ3) is 4.18. The van der Waals surface area contributed by atoms with Gasteiger partial charge in [0.1, 0.15) is 11.6 Å². The molecule has 0 saturated heterocycles. The average molecular weight is 315 g/mol. The van der Waals surface area contributed by atoms with Gasteiger partial charge in [0.25, 0.3) is 5.56 Å². The maximum Gasteiger partial charge on any atom is 0.254 e. The van der Waals surface area contributed by atoms with E-state index in [1.807, 2.05) is 31.2 Å². The standard InChI is InChI=1S/C17H21N3O3/c1-10(13-5-7-14(23-4)8-6-13)19-16(21)9-15-11(2)18-12(3)20-17(15)22/h5-8,10H,9H2,1-4H3,(H,19,21)(H,18,20,22)/t10-/m0/s1. The lowest BCUT2D eigenvalue weighted by atomic mass is 10.1. The topological polar surface area (TPSA) is 84.1 Å². The van der Waals surface area contributed by atoms with Crippen LogP contribution >= 0.6 is 0 Å². The van der Waals surface area contributed by atoms with Crippen molar-refractivity contribution in [3.8, 4) is 5.75 Å². The Bertz CT molecular complexity index is 751. The van der Waals surface area contributed by atoms with Crippen LogP contribution in [-0.2, 0) is 11.2 Å². The summed E-state index contributed by atoms with van der Waals surface area (Å²) in [7, 11) is 1.61. The smallest absolute Gasteiger partial charge is 0.254 e. The van der Waals surface area contributed by atoms with Crippen LogP contribution < -0.4 is 15.6 Å². The van der Waals surface area contributed by atoms with Crippen LogP contribution in [0.25, 0.3) is 0 Å². The number of hydrogen-bond acceptors (Lipinski definition) is 4. The zero-order chi connectivity index (χ0) is 17.0. The maximum atomic E-state index is 12.2. The van der Waals surface area contributed by atoms with E-state index in [-0.39, 0.29) is 23.9 Å². The van der Waals surface area contributed by atoms with Crippen molar-refractivity contribution in [2.75, 3.05) is 7.11 Å². The highest BCUT2D eigenvalue weighted by molar-refractivity contribution is 5.79. The number of ether oxygens (including phenoxy) is 1. The predicted molar refractivity (Wildman–Crippen MR) is 87.6 cm³/mol. The summed E-state index contributed by atoms with van der Waals surface area (Å²) in [6.07, 6.45) is 0.00887. The van der Waals surface area contributed by atoms with Gasteiger partial charge in [-0.05, 0) is 38.5 Å². The van der Waals surface area contributed by atoms with E-state index in [2.05, 4.69) is 15.3 Å². The van der Waals surface area contributed by atoms with E-state index in [1.54, 1.807) is 21.0 Å². The van der Waals surface area contributed by atoms with Crippen molar-refractivity contribution in [2.24, 2.45) is 0 Å². The number of methoxy groups -OCH3 is 1. The molecule has 6 heteroatoms. The summed E-state index contributed by atoms with van der Waals surface area (Å²) >= 11 is 0. The van der Waals surface area contributed by atoms with Gasteiger partial charge in [-0.2, -0.15) is 0 Å². The van der Waals surface area contributed by atoms with E-state index >= 15 is 0 Å². The van der Waals surface area contributed by atoms with Crippen LogP contribution in [0.4, 0.5) is 0 Å². The van der Waals surface area contributed by atoms with Crippen molar-refractivity contribution >= 4 is 5.91 Å². The van der Waals surface area contributed by atoms with E-state index in [4.69, 9.17) is 4.74 Å². The molecule has 0 spiro atoms. The molecule has 0 aliphatic heterocycles. The molecule has 0 bridgehead atoms. The van der Waals surface area contributed by atoms with Crippen LogP contribution in [0.2, 0.25) is 0 Å². The Labute approximate surface area is 134 Å². The molecule has 23 heavy (non-hydrogen) atoms.